The minimum atomic E-state index is 0.794. The Labute approximate surface area is 141 Å². The molecule has 0 aliphatic carbocycles. The van der Waals surface area contributed by atoms with Crippen molar-refractivity contribution in [2.45, 2.75) is 26.7 Å². The third-order valence-corrected chi connectivity index (χ3v) is 3.96. The number of nitrogens with one attached hydrogen (secondary N) is 1. The molecule has 0 unspecified atom stereocenters. The van der Waals surface area contributed by atoms with Gasteiger partial charge in [0.25, 0.3) is 0 Å². The summed E-state index contributed by atoms with van der Waals surface area (Å²) in [7, 11) is 0. The summed E-state index contributed by atoms with van der Waals surface area (Å²) in [5.41, 5.74) is 3.93. The van der Waals surface area contributed by atoms with Gasteiger partial charge in [0.05, 0.1) is 0 Å². The van der Waals surface area contributed by atoms with Crippen molar-refractivity contribution >= 4 is 6.72 Å². The summed E-state index contributed by atoms with van der Waals surface area (Å²) in [5.74, 6) is 0. The Kier molecular flexibility index (Phi) is 9.92. The van der Waals surface area contributed by atoms with Crippen LogP contribution in [0.5, 0.6) is 0 Å². The predicted molar refractivity (Wildman–Crippen MR) is 103 cm³/mol. The molecule has 3 nitrogen and oxygen atoms in total. The fraction of sp³-hybridized carbons (Fsp3) is 0.450. The topological polar surface area (TPSA) is 27.6 Å². The third kappa shape index (κ3) is 7.40. The maximum Gasteiger partial charge on any atom is 0.0305 e. The van der Waals surface area contributed by atoms with Crippen LogP contribution < -0.4 is 5.32 Å². The van der Waals surface area contributed by atoms with E-state index in [1.54, 1.807) is 6.20 Å². The van der Waals surface area contributed by atoms with Crippen LogP contribution in [0.25, 0.3) is 0 Å². The second-order valence-corrected chi connectivity index (χ2v) is 5.60. The van der Waals surface area contributed by atoms with Crippen LogP contribution in [0.2, 0.25) is 0 Å². The Morgan fingerprint density at radius 3 is 2.87 bits per heavy atom. The molecule has 0 atom stereocenters. The van der Waals surface area contributed by atoms with E-state index < -0.39 is 0 Å². The molecule has 3 heteroatoms. The van der Waals surface area contributed by atoms with E-state index in [9.17, 15) is 0 Å². The molecule has 0 spiro atoms. The Balaban J connectivity index is 2.35. The van der Waals surface area contributed by atoms with Gasteiger partial charge in [-0.1, -0.05) is 43.9 Å². The quantitative estimate of drug-likeness (QED) is 0.376. The summed E-state index contributed by atoms with van der Waals surface area (Å²) in [6.45, 7) is 16.5. The summed E-state index contributed by atoms with van der Waals surface area (Å²) >= 11 is 0. The van der Waals surface area contributed by atoms with E-state index >= 15 is 0 Å². The molecular weight excluding hydrogens is 282 g/mol. The number of allylic oxidation sites excluding steroid dienone is 4. The number of rotatable bonds is 10. The van der Waals surface area contributed by atoms with Crippen LogP contribution in [0.3, 0.4) is 0 Å². The van der Waals surface area contributed by atoms with Crippen molar-refractivity contribution < 1.29 is 0 Å². The second-order valence-electron chi connectivity index (χ2n) is 5.60. The summed E-state index contributed by atoms with van der Waals surface area (Å²) in [6.07, 6.45) is 14.9. The Hall–Kier alpha value is -1.71. The molecule has 23 heavy (non-hydrogen) atoms. The predicted octanol–water partition coefficient (Wildman–Crippen LogP) is 3.89. The lowest BCUT2D eigenvalue weighted by atomic mass is 9.98. The number of hydrogen-bond acceptors (Lipinski definition) is 3. The van der Waals surface area contributed by atoms with E-state index in [1.165, 1.54) is 11.1 Å². The standard InChI is InChI=1S/C20H31N3/c1-5-8-9-19(7-3)20-10-13-23(14-11-20)15-12-22-17-18(6-2)16-21-4/h6-10,16,22H,2,4-5,11-15,17H2,1,3H3/b9-8-,18-16+,19-7+. The zero-order valence-corrected chi connectivity index (χ0v) is 14.7. The fourth-order valence-corrected chi connectivity index (χ4v) is 2.57. The highest BCUT2D eigenvalue weighted by Crippen LogP contribution is 2.20. The molecular formula is C20H31N3. The molecule has 0 saturated heterocycles. The lowest BCUT2D eigenvalue weighted by Gasteiger charge is -2.27. The van der Waals surface area contributed by atoms with Gasteiger partial charge in [0.1, 0.15) is 0 Å². The van der Waals surface area contributed by atoms with Crippen molar-refractivity contribution in [3.05, 3.63) is 59.9 Å². The molecule has 126 valence electrons. The number of nitrogens with zero attached hydrogens (tertiary/aromatic N) is 2. The van der Waals surface area contributed by atoms with Crippen molar-refractivity contribution in [2.75, 3.05) is 32.7 Å². The zero-order valence-electron chi connectivity index (χ0n) is 14.7. The van der Waals surface area contributed by atoms with Crippen LogP contribution in [0, 0.1) is 0 Å². The molecule has 0 aromatic rings. The normalized spacial score (nSPS) is 17.4. The molecule has 0 amide bonds. The van der Waals surface area contributed by atoms with E-state index in [0.29, 0.717) is 0 Å². The van der Waals surface area contributed by atoms with E-state index in [1.807, 2.05) is 6.08 Å². The molecule has 0 aromatic carbocycles. The van der Waals surface area contributed by atoms with Gasteiger partial charge < -0.3 is 5.32 Å². The lowest BCUT2D eigenvalue weighted by Crippen LogP contribution is -2.35. The SMILES string of the molecule is C=C/C(=C\N=C)CNCCN1CC=C(C(/C=C\CC)=C/C)CC1. The fourth-order valence-electron chi connectivity index (χ4n) is 2.57. The molecule has 1 aliphatic heterocycles. The maximum atomic E-state index is 3.78. The van der Waals surface area contributed by atoms with Crippen LogP contribution >= 0.6 is 0 Å². The smallest absolute Gasteiger partial charge is 0.0305 e. The highest BCUT2D eigenvalue weighted by atomic mass is 15.1. The Bertz CT molecular complexity index is 495. The van der Waals surface area contributed by atoms with Crippen molar-refractivity contribution in [3.8, 4) is 0 Å². The molecule has 0 fully saturated rings. The lowest BCUT2D eigenvalue weighted by molar-refractivity contribution is 0.295. The Morgan fingerprint density at radius 2 is 2.30 bits per heavy atom. The molecule has 1 aliphatic rings. The first-order valence-electron chi connectivity index (χ1n) is 8.47. The molecule has 1 N–H and O–H groups in total. The molecule has 1 rings (SSSR count). The van der Waals surface area contributed by atoms with Crippen LogP contribution in [-0.4, -0.2) is 44.3 Å². The van der Waals surface area contributed by atoms with Gasteiger partial charge in [-0.15, -0.1) is 0 Å². The first-order chi connectivity index (χ1) is 11.2. The summed E-state index contributed by atoms with van der Waals surface area (Å²) in [5, 5.41) is 3.43. The van der Waals surface area contributed by atoms with E-state index in [2.05, 4.69) is 66.7 Å². The molecule has 1 heterocycles. The van der Waals surface area contributed by atoms with Crippen LogP contribution in [0.15, 0.2) is 64.9 Å². The summed E-state index contributed by atoms with van der Waals surface area (Å²) in [4.78, 5) is 6.26. The monoisotopic (exact) mass is 313 g/mol. The van der Waals surface area contributed by atoms with Gasteiger partial charge in [0.15, 0.2) is 0 Å². The molecule has 0 radical (unpaired) electrons. The van der Waals surface area contributed by atoms with Crippen LogP contribution in [0.4, 0.5) is 0 Å². The van der Waals surface area contributed by atoms with Gasteiger partial charge in [-0.05, 0) is 43.2 Å². The number of hydrogen-bond donors (Lipinski definition) is 1. The van der Waals surface area contributed by atoms with E-state index in [-0.39, 0.29) is 0 Å². The summed E-state index contributed by atoms with van der Waals surface area (Å²) in [6, 6.07) is 0. The highest BCUT2D eigenvalue weighted by molar-refractivity contribution is 5.40. The van der Waals surface area contributed by atoms with Crippen molar-refractivity contribution in [3.63, 3.8) is 0 Å². The first-order valence-corrected chi connectivity index (χ1v) is 8.47. The van der Waals surface area contributed by atoms with Crippen molar-refractivity contribution in [1.82, 2.24) is 10.2 Å². The van der Waals surface area contributed by atoms with Gasteiger partial charge in [-0.2, -0.15) is 0 Å². The maximum absolute atomic E-state index is 3.78. The zero-order chi connectivity index (χ0) is 16.9. The molecule has 0 saturated carbocycles. The average molecular weight is 313 g/mol. The number of aliphatic imine (C=N–C) groups is 1. The minimum Gasteiger partial charge on any atom is -0.311 e. The van der Waals surface area contributed by atoms with Gasteiger partial charge in [-0.25, -0.2) is 0 Å². The van der Waals surface area contributed by atoms with Gasteiger partial charge in [0.2, 0.25) is 0 Å². The summed E-state index contributed by atoms with van der Waals surface area (Å²) < 4.78 is 0. The minimum absolute atomic E-state index is 0.794. The largest absolute Gasteiger partial charge is 0.311 e. The van der Waals surface area contributed by atoms with Crippen LogP contribution in [0.1, 0.15) is 26.7 Å². The second kappa shape index (κ2) is 11.8. The molecule has 0 aromatic heterocycles. The van der Waals surface area contributed by atoms with Gasteiger partial charge in [0, 0.05) is 38.9 Å². The van der Waals surface area contributed by atoms with Crippen LogP contribution in [-0.2, 0) is 0 Å². The van der Waals surface area contributed by atoms with Gasteiger partial charge >= 0.3 is 0 Å². The third-order valence-electron chi connectivity index (χ3n) is 3.96. The van der Waals surface area contributed by atoms with E-state index in [0.717, 1.165) is 51.1 Å². The van der Waals surface area contributed by atoms with E-state index in [4.69, 9.17) is 0 Å². The Morgan fingerprint density at radius 1 is 1.48 bits per heavy atom. The first kappa shape index (κ1) is 19.3. The highest BCUT2D eigenvalue weighted by Gasteiger charge is 2.12. The van der Waals surface area contributed by atoms with Gasteiger partial charge in [-0.3, -0.25) is 9.89 Å². The molecule has 0 bridgehead atoms. The van der Waals surface area contributed by atoms with Crippen molar-refractivity contribution in [2.24, 2.45) is 4.99 Å². The average Bonchev–Trinajstić information content (AvgIpc) is 2.59. The van der Waals surface area contributed by atoms with Crippen molar-refractivity contribution in [1.29, 1.82) is 0 Å².